The van der Waals surface area contributed by atoms with Gasteiger partial charge < -0.3 is 15.0 Å². The molecule has 2 aromatic rings. The van der Waals surface area contributed by atoms with Crippen LogP contribution in [0.25, 0.3) is 11.4 Å². The molecule has 2 rings (SSSR count). The molecule has 7 heteroatoms. The van der Waals surface area contributed by atoms with Crippen molar-refractivity contribution in [2.45, 2.75) is 13.0 Å². The predicted molar refractivity (Wildman–Crippen MR) is 63.9 cm³/mol. The van der Waals surface area contributed by atoms with E-state index < -0.39 is 0 Å². The average molecular weight is 257 g/mol. The summed E-state index contributed by atoms with van der Waals surface area (Å²) in [5, 5.41) is 3.82. The van der Waals surface area contributed by atoms with E-state index in [-0.39, 0.29) is 18.4 Å². The minimum Gasteiger partial charge on any atom is -0.481 e. The standard InChI is InChI=1S/C10H12N4O2.ClH/c1-6(11)10-13-9(14-16-10)7-3-4-8(15-2)12-5-7;/h3-6H,11H2,1-2H3;1H/t6-;/m1./s1. The van der Waals surface area contributed by atoms with Gasteiger partial charge in [-0.15, -0.1) is 12.4 Å². The van der Waals surface area contributed by atoms with E-state index >= 15 is 0 Å². The summed E-state index contributed by atoms with van der Waals surface area (Å²) in [7, 11) is 1.56. The van der Waals surface area contributed by atoms with Gasteiger partial charge in [-0.05, 0) is 13.0 Å². The van der Waals surface area contributed by atoms with Gasteiger partial charge in [0.15, 0.2) is 0 Å². The van der Waals surface area contributed by atoms with Crippen LogP contribution in [0.3, 0.4) is 0 Å². The number of aromatic nitrogens is 3. The second-order valence-corrected chi connectivity index (χ2v) is 3.33. The molecule has 2 aromatic heterocycles. The zero-order chi connectivity index (χ0) is 11.5. The molecule has 0 spiro atoms. The Morgan fingerprint density at radius 1 is 1.41 bits per heavy atom. The maximum atomic E-state index is 5.62. The Balaban J connectivity index is 0.00000144. The minimum absolute atomic E-state index is 0. The van der Waals surface area contributed by atoms with Gasteiger partial charge in [-0.1, -0.05) is 5.16 Å². The first-order valence-corrected chi connectivity index (χ1v) is 4.80. The van der Waals surface area contributed by atoms with Crippen LogP contribution in [0.4, 0.5) is 0 Å². The molecule has 0 fully saturated rings. The zero-order valence-electron chi connectivity index (χ0n) is 9.45. The van der Waals surface area contributed by atoms with Gasteiger partial charge in [-0.25, -0.2) is 4.98 Å². The van der Waals surface area contributed by atoms with Crippen LogP contribution < -0.4 is 10.5 Å². The molecule has 0 bridgehead atoms. The lowest BCUT2D eigenvalue weighted by molar-refractivity contribution is 0.362. The van der Waals surface area contributed by atoms with E-state index in [1.807, 2.05) is 6.07 Å². The van der Waals surface area contributed by atoms with Crippen LogP contribution in [-0.2, 0) is 0 Å². The van der Waals surface area contributed by atoms with Gasteiger partial charge in [0.05, 0.1) is 13.2 Å². The van der Waals surface area contributed by atoms with Crippen LogP contribution in [-0.4, -0.2) is 22.2 Å². The predicted octanol–water partition coefficient (Wildman–Crippen LogP) is 1.58. The molecule has 0 saturated carbocycles. The van der Waals surface area contributed by atoms with Gasteiger partial charge >= 0.3 is 0 Å². The van der Waals surface area contributed by atoms with Crippen molar-refractivity contribution in [1.82, 2.24) is 15.1 Å². The quantitative estimate of drug-likeness (QED) is 0.897. The van der Waals surface area contributed by atoms with Crippen LogP contribution in [0.5, 0.6) is 5.88 Å². The van der Waals surface area contributed by atoms with Crippen molar-refractivity contribution in [3.63, 3.8) is 0 Å². The second kappa shape index (κ2) is 5.60. The zero-order valence-corrected chi connectivity index (χ0v) is 10.3. The molecular formula is C10H13ClN4O2. The first-order chi connectivity index (χ1) is 7.70. The number of methoxy groups -OCH3 is 1. The number of nitrogens with two attached hydrogens (primary N) is 1. The van der Waals surface area contributed by atoms with E-state index in [4.69, 9.17) is 15.0 Å². The summed E-state index contributed by atoms with van der Waals surface area (Å²) < 4.78 is 9.95. The van der Waals surface area contributed by atoms with Crippen molar-refractivity contribution in [3.8, 4) is 17.3 Å². The highest BCUT2D eigenvalue weighted by Crippen LogP contribution is 2.18. The molecule has 6 nitrogen and oxygen atoms in total. The first-order valence-electron chi connectivity index (χ1n) is 4.80. The maximum absolute atomic E-state index is 5.62. The van der Waals surface area contributed by atoms with Crippen molar-refractivity contribution >= 4 is 12.4 Å². The number of hydrogen-bond acceptors (Lipinski definition) is 6. The van der Waals surface area contributed by atoms with Crippen LogP contribution in [0.2, 0.25) is 0 Å². The molecule has 0 aliphatic carbocycles. The number of pyridine rings is 1. The summed E-state index contributed by atoms with van der Waals surface area (Å²) in [6.07, 6.45) is 1.62. The van der Waals surface area contributed by atoms with Gasteiger partial charge in [0, 0.05) is 17.8 Å². The van der Waals surface area contributed by atoms with Crippen LogP contribution >= 0.6 is 12.4 Å². The number of rotatable bonds is 3. The Morgan fingerprint density at radius 3 is 2.65 bits per heavy atom. The van der Waals surface area contributed by atoms with Crippen LogP contribution in [0.1, 0.15) is 18.9 Å². The molecule has 0 saturated heterocycles. The molecule has 2 heterocycles. The molecule has 2 N–H and O–H groups in total. The molecule has 0 unspecified atom stereocenters. The third-order valence-electron chi connectivity index (χ3n) is 2.03. The van der Waals surface area contributed by atoms with Crippen LogP contribution in [0, 0.1) is 0 Å². The van der Waals surface area contributed by atoms with E-state index in [9.17, 15) is 0 Å². The third-order valence-corrected chi connectivity index (χ3v) is 2.03. The topological polar surface area (TPSA) is 87.1 Å². The summed E-state index contributed by atoms with van der Waals surface area (Å²) in [4.78, 5) is 8.20. The fourth-order valence-electron chi connectivity index (χ4n) is 1.17. The van der Waals surface area contributed by atoms with Crippen molar-refractivity contribution in [3.05, 3.63) is 24.2 Å². The fourth-order valence-corrected chi connectivity index (χ4v) is 1.17. The SMILES string of the molecule is COc1ccc(-c2noc([C@@H](C)N)n2)cn1.Cl. The highest BCUT2D eigenvalue weighted by Gasteiger charge is 2.11. The van der Waals surface area contributed by atoms with Crippen molar-refractivity contribution in [1.29, 1.82) is 0 Å². The van der Waals surface area contributed by atoms with Gasteiger partial charge in [0.25, 0.3) is 0 Å². The van der Waals surface area contributed by atoms with E-state index in [1.54, 1.807) is 26.3 Å². The Bertz CT molecular complexity index is 469. The molecular weight excluding hydrogens is 244 g/mol. The molecule has 0 aromatic carbocycles. The Hall–Kier alpha value is -1.66. The third kappa shape index (κ3) is 2.92. The van der Waals surface area contributed by atoms with Crippen molar-refractivity contribution in [2.75, 3.05) is 7.11 Å². The number of hydrogen-bond donors (Lipinski definition) is 1. The summed E-state index contributed by atoms with van der Waals surface area (Å²) >= 11 is 0. The van der Waals surface area contributed by atoms with Crippen molar-refractivity contribution in [2.24, 2.45) is 5.73 Å². The Morgan fingerprint density at radius 2 is 2.18 bits per heavy atom. The van der Waals surface area contributed by atoms with Gasteiger partial charge in [0.1, 0.15) is 0 Å². The summed E-state index contributed by atoms with van der Waals surface area (Å²) in [6.45, 7) is 1.78. The molecule has 17 heavy (non-hydrogen) atoms. The highest BCUT2D eigenvalue weighted by atomic mass is 35.5. The smallest absolute Gasteiger partial charge is 0.243 e. The first kappa shape index (κ1) is 13.4. The summed E-state index contributed by atoms with van der Waals surface area (Å²) in [5.74, 6) is 1.42. The van der Waals surface area contributed by atoms with E-state index in [2.05, 4.69) is 15.1 Å². The molecule has 0 amide bonds. The fraction of sp³-hybridized carbons (Fsp3) is 0.300. The second-order valence-electron chi connectivity index (χ2n) is 3.33. The maximum Gasteiger partial charge on any atom is 0.243 e. The Kier molecular flexibility index (Phi) is 4.42. The molecule has 0 radical (unpaired) electrons. The normalized spacial score (nSPS) is 11.7. The minimum atomic E-state index is -0.271. The number of halogens is 1. The lowest BCUT2D eigenvalue weighted by atomic mass is 10.3. The average Bonchev–Trinajstić information content (AvgIpc) is 2.78. The highest BCUT2D eigenvalue weighted by molar-refractivity contribution is 5.85. The molecule has 0 aliphatic rings. The molecule has 92 valence electrons. The van der Waals surface area contributed by atoms with E-state index in [0.717, 1.165) is 5.56 Å². The summed E-state index contributed by atoms with van der Waals surface area (Å²) in [5.41, 5.74) is 6.38. The largest absolute Gasteiger partial charge is 0.481 e. The van der Waals surface area contributed by atoms with Crippen LogP contribution in [0.15, 0.2) is 22.9 Å². The lowest BCUT2D eigenvalue weighted by Gasteiger charge is -1.97. The summed E-state index contributed by atoms with van der Waals surface area (Å²) in [6, 6.07) is 3.27. The molecule has 0 aliphatic heterocycles. The molecule has 1 atom stereocenters. The Labute approximate surface area is 105 Å². The van der Waals surface area contributed by atoms with E-state index in [0.29, 0.717) is 17.6 Å². The van der Waals surface area contributed by atoms with Crippen molar-refractivity contribution < 1.29 is 9.26 Å². The lowest BCUT2D eigenvalue weighted by Crippen LogP contribution is -2.04. The van der Waals surface area contributed by atoms with Gasteiger partial charge in [-0.3, -0.25) is 0 Å². The number of nitrogens with zero attached hydrogens (tertiary/aromatic N) is 3. The number of ether oxygens (including phenoxy) is 1. The van der Waals surface area contributed by atoms with Gasteiger partial charge in [0.2, 0.25) is 17.6 Å². The monoisotopic (exact) mass is 256 g/mol. The van der Waals surface area contributed by atoms with E-state index in [1.165, 1.54) is 0 Å². The van der Waals surface area contributed by atoms with Gasteiger partial charge in [-0.2, -0.15) is 4.98 Å².